The molecule has 2 rings (SSSR count). The molecule has 108 valence electrons. The van der Waals surface area contributed by atoms with E-state index in [9.17, 15) is 8.42 Å². The maximum absolute atomic E-state index is 12.2. The van der Waals surface area contributed by atoms with E-state index < -0.39 is 10.0 Å². The first-order valence-corrected chi connectivity index (χ1v) is 7.79. The first kappa shape index (κ1) is 14.5. The van der Waals surface area contributed by atoms with Crippen LogP contribution in [0.3, 0.4) is 0 Å². The Morgan fingerprint density at radius 2 is 2.32 bits per heavy atom. The minimum Gasteiger partial charge on any atom is -0.462 e. The zero-order valence-corrected chi connectivity index (χ0v) is 12.0. The molecule has 1 aliphatic heterocycles. The van der Waals surface area contributed by atoms with Crippen molar-refractivity contribution in [2.24, 2.45) is 5.92 Å². The fraction of sp³-hybridized carbons (Fsp3) is 0.667. The summed E-state index contributed by atoms with van der Waals surface area (Å²) < 4.78 is 32.1. The van der Waals surface area contributed by atoms with Gasteiger partial charge in [-0.05, 0) is 32.9 Å². The van der Waals surface area contributed by atoms with Gasteiger partial charge in [0.2, 0.25) is 10.0 Å². The van der Waals surface area contributed by atoms with Gasteiger partial charge in [-0.15, -0.1) is 0 Å². The van der Waals surface area contributed by atoms with Crippen molar-refractivity contribution in [1.82, 2.24) is 9.62 Å². The van der Waals surface area contributed by atoms with Gasteiger partial charge >= 0.3 is 0 Å². The average molecular weight is 288 g/mol. The second-order valence-electron chi connectivity index (χ2n) is 5.06. The molecule has 2 N–H and O–H groups in total. The summed E-state index contributed by atoms with van der Waals surface area (Å²) in [6.45, 7) is 3.63. The quantitative estimate of drug-likeness (QED) is 0.815. The summed E-state index contributed by atoms with van der Waals surface area (Å²) in [6, 6.07) is 1.37. The van der Waals surface area contributed by atoms with E-state index in [0.29, 0.717) is 18.2 Å². The Kier molecular flexibility index (Phi) is 4.29. The minimum atomic E-state index is -3.56. The minimum absolute atomic E-state index is 0.114. The number of nitrogens with zero attached hydrogens (tertiary/aromatic N) is 1. The number of aliphatic hydroxyl groups is 1. The predicted molar refractivity (Wildman–Crippen MR) is 70.2 cm³/mol. The molecule has 0 aliphatic carbocycles. The molecule has 1 atom stereocenters. The fourth-order valence-corrected chi connectivity index (χ4v) is 3.68. The van der Waals surface area contributed by atoms with Crippen LogP contribution in [0.1, 0.15) is 17.9 Å². The van der Waals surface area contributed by atoms with Gasteiger partial charge in [-0.1, -0.05) is 0 Å². The molecule has 19 heavy (non-hydrogen) atoms. The van der Waals surface area contributed by atoms with Crippen LogP contribution in [0.15, 0.2) is 15.4 Å². The van der Waals surface area contributed by atoms with E-state index in [1.165, 1.54) is 6.07 Å². The monoisotopic (exact) mass is 288 g/mol. The molecule has 0 aromatic carbocycles. The van der Waals surface area contributed by atoms with E-state index in [4.69, 9.17) is 9.52 Å². The number of furan rings is 1. The van der Waals surface area contributed by atoms with E-state index in [1.54, 1.807) is 6.92 Å². The summed E-state index contributed by atoms with van der Waals surface area (Å²) in [5.74, 6) is 0.919. The molecular formula is C12H20N2O4S. The van der Waals surface area contributed by atoms with Crippen molar-refractivity contribution in [3.05, 3.63) is 17.6 Å². The van der Waals surface area contributed by atoms with Crippen LogP contribution in [0.2, 0.25) is 0 Å². The van der Waals surface area contributed by atoms with Crippen molar-refractivity contribution >= 4 is 10.0 Å². The zero-order valence-electron chi connectivity index (χ0n) is 11.2. The number of likely N-dealkylation sites (tertiary alicyclic amines) is 1. The van der Waals surface area contributed by atoms with E-state index in [2.05, 4.69) is 9.62 Å². The van der Waals surface area contributed by atoms with Crippen molar-refractivity contribution in [1.29, 1.82) is 0 Å². The molecule has 1 aliphatic rings. The average Bonchev–Trinajstić information content (AvgIpc) is 2.93. The van der Waals surface area contributed by atoms with Crippen molar-refractivity contribution in [2.45, 2.75) is 24.8 Å². The van der Waals surface area contributed by atoms with Gasteiger partial charge in [0.1, 0.15) is 23.0 Å². The van der Waals surface area contributed by atoms with Crippen LogP contribution in [0, 0.1) is 12.8 Å². The van der Waals surface area contributed by atoms with Crippen LogP contribution in [0.5, 0.6) is 0 Å². The van der Waals surface area contributed by atoms with Gasteiger partial charge in [0.05, 0.1) is 0 Å². The molecule has 0 amide bonds. The summed E-state index contributed by atoms with van der Waals surface area (Å²) in [6.07, 6.45) is 1.01. The topological polar surface area (TPSA) is 82.8 Å². The number of rotatable bonds is 5. The Labute approximate surface area is 113 Å². The SMILES string of the molecule is Cc1oc(CO)cc1S(=O)(=O)NCC1CCN(C)C1. The molecule has 1 aromatic heterocycles. The van der Waals surface area contributed by atoms with Crippen LogP contribution in [0.25, 0.3) is 0 Å². The third-order valence-corrected chi connectivity index (χ3v) is 4.95. The Morgan fingerprint density at radius 1 is 1.58 bits per heavy atom. The Balaban J connectivity index is 2.03. The van der Waals surface area contributed by atoms with E-state index in [-0.39, 0.29) is 17.3 Å². The largest absolute Gasteiger partial charge is 0.462 e. The molecule has 0 bridgehead atoms. The Hall–Kier alpha value is -0.890. The second-order valence-corrected chi connectivity index (χ2v) is 6.80. The number of aryl methyl sites for hydroxylation is 1. The van der Waals surface area contributed by atoms with Gasteiger partial charge in [-0.2, -0.15) is 0 Å². The van der Waals surface area contributed by atoms with Gasteiger partial charge in [0.25, 0.3) is 0 Å². The standard InChI is InChI=1S/C12H20N2O4S/c1-9-12(5-11(8-15)18-9)19(16,17)13-6-10-3-4-14(2)7-10/h5,10,13,15H,3-4,6-8H2,1-2H3. The molecule has 7 heteroatoms. The highest BCUT2D eigenvalue weighted by Gasteiger charge is 2.25. The highest BCUT2D eigenvalue weighted by Crippen LogP contribution is 2.20. The first-order chi connectivity index (χ1) is 8.92. The maximum Gasteiger partial charge on any atom is 0.244 e. The van der Waals surface area contributed by atoms with E-state index >= 15 is 0 Å². The van der Waals surface area contributed by atoms with Gasteiger partial charge < -0.3 is 14.4 Å². The van der Waals surface area contributed by atoms with Gasteiger partial charge in [-0.25, -0.2) is 13.1 Å². The number of nitrogens with one attached hydrogen (secondary N) is 1. The number of aliphatic hydroxyl groups excluding tert-OH is 1. The lowest BCUT2D eigenvalue weighted by Gasteiger charge is -2.11. The summed E-state index contributed by atoms with van der Waals surface area (Å²) in [7, 11) is -1.53. The molecule has 0 spiro atoms. The van der Waals surface area contributed by atoms with Crippen molar-refractivity contribution in [3.8, 4) is 0 Å². The van der Waals surface area contributed by atoms with Crippen LogP contribution < -0.4 is 4.72 Å². The molecule has 0 saturated carbocycles. The first-order valence-electron chi connectivity index (χ1n) is 6.30. The van der Waals surface area contributed by atoms with Crippen molar-refractivity contribution in [3.63, 3.8) is 0 Å². The van der Waals surface area contributed by atoms with Crippen molar-refractivity contribution in [2.75, 3.05) is 26.7 Å². The lowest BCUT2D eigenvalue weighted by atomic mass is 10.1. The number of hydrogen-bond donors (Lipinski definition) is 2. The summed E-state index contributed by atoms with van der Waals surface area (Å²) in [5.41, 5.74) is 0. The lowest BCUT2D eigenvalue weighted by molar-refractivity contribution is 0.244. The molecule has 6 nitrogen and oxygen atoms in total. The molecule has 1 unspecified atom stereocenters. The van der Waals surface area contributed by atoms with Gasteiger partial charge in [0, 0.05) is 19.2 Å². The highest BCUT2D eigenvalue weighted by atomic mass is 32.2. The van der Waals surface area contributed by atoms with Crippen LogP contribution in [-0.2, 0) is 16.6 Å². The van der Waals surface area contributed by atoms with Gasteiger partial charge in [0.15, 0.2) is 0 Å². The normalized spacial score (nSPS) is 21.1. The molecule has 1 saturated heterocycles. The maximum atomic E-state index is 12.2. The number of sulfonamides is 1. The molecular weight excluding hydrogens is 268 g/mol. The van der Waals surface area contributed by atoms with Crippen LogP contribution >= 0.6 is 0 Å². The van der Waals surface area contributed by atoms with Crippen LogP contribution in [0.4, 0.5) is 0 Å². The van der Waals surface area contributed by atoms with Crippen LogP contribution in [-0.4, -0.2) is 45.1 Å². The fourth-order valence-electron chi connectivity index (χ4n) is 2.37. The Bertz CT molecular complexity index is 538. The smallest absolute Gasteiger partial charge is 0.244 e. The lowest BCUT2D eigenvalue weighted by Crippen LogP contribution is -2.30. The third-order valence-electron chi connectivity index (χ3n) is 3.42. The zero-order chi connectivity index (χ0) is 14.0. The molecule has 1 aromatic rings. The number of hydrogen-bond acceptors (Lipinski definition) is 5. The molecule has 2 heterocycles. The van der Waals surface area contributed by atoms with Gasteiger partial charge in [-0.3, -0.25) is 0 Å². The summed E-state index contributed by atoms with van der Waals surface area (Å²) in [4.78, 5) is 2.30. The Morgan fingerprint density at radius 3 is 2.84 bits per heavy atom. The second kappa shape index (κ2) is 5.62. The predicted octanol–water partition coefficient (Wildman–Crippen LogP) is 0.310. The summed E-state index contributed by atoms with van der Waals surface area (Å²) >= 11 is 0. The third kappa shape index (κ3) is 3.36. The van der Waals surface area contributed by atoms with E-state index in [1.807, 2.05) is 7.05 Å². The highest BCUT2D eigenvalue weighted by molar-refractivity contribution is 7.89. The molecule has 0 radical (unpaired) electrons. The summed E-state index contributed by atoms with van der Waals surface area (Å²) in [5, 5.41) is 8.96. The van der Waals surface area contributed by atoms with Crippen molar-refractivity contribution < 1.29 is 17.9 Å². The molecule has 1 fully saturated rings. The van der Waals surface area contributed by atoms with E-state index in [0.717, 1.165) is 19.5 Å².